The van der Waals surface area contributed by atoms with E-state index in [4.69, 9.17) is 0 Å². The molecule has 3 N–H and O–H groups in total. The molecule has 9 heteroatoms. The summed E-state index contributed by atoms with van der Waals surface area (Å²) < 4.78 is 25.1. The van der Waals surface area contributed by atoms with E-state index in [1.165, 1.54) is 6.42 Å². The van der Waals surface area contributed by atoms with Crippen LogP contribution >= 0.6 is 0 Å². The van der Waals surface area contributed by atoms with Gasteiger partial charge in [-0.05, 0) is 32.2 Å². The number of hydrogen-bond acceptors (Lipinski definition) is 5. The quantitative estimate of drug-likeness (QED) is 0.629. The Morgan fingerprint density at radius 1 is 1.04 bits per heavy atom. The van der Waals surface area contributed by atoms with Crippen molar-refractivity contribution < 1.29 is 18.0 Å². The van der Waals surface area contributed by atoms with Crippen LogP contribution in [0.5, 0.6) is 0 Å². The van der Waals surface area contributed by atoms with E-state index in [2.05, 4.69) is 15.4 Å². The van der Waals surface area contributed by atoms with Crippen molar-refractivity contribution >= 4 is 22.0 Å². The van der Waals surface area contributed by atoms with Crippen LogP contribution in [0.2, 0.25) is 0 Å². The van der Waals surface area contributed by atoms with Gasteiger partial charge in [0, 0.05) is 18.6 Å². The van der Waals surface area contributed by atoms with E-state index in [-0.39, 0.29) is 24.5 Å². The molecule has 1 saturated carbocycles. The van der Waals surface area contributed by atoms with Crippen LogP contribution in [0, 0.1) is 0 Å². The molecule has 1 aliphatic heterocycles. The lowest BCUT2D eigenvalue weighted by atomic mass is 9.96. The first-order valence-corrected chi connectivity index (χ1v) is 11.0. The molecule has 1 atom stereocenters. The lowest BCUT2D eigenvalue weighted by Gasteiger charge is -2.35. The molecule has 0 aromatic rings. The van der Waals surface area contributed by atoms with Crippen LogP contribution in [0.25, 0.3) is 0 Å². The molecule has 1 heterocycles. The van der Waals surface area contributed by atoms with Crippen LogP contribution in [0.1, 0.15) is 51.4 Å². The third-order valence-corrected chi connectivity index (χ3v) is 5.56. The number of amides is 3. The monoisotopic (exact) mass is 374 g/mol. The zero-order chi connectivity index (χ0) is 18.3. The number of piperidine rings is 1. The summed E-state index contributed by atoms with van der Waals surface area (Å²) in [7, 11) is -3.25. The Morgan fingerprint density at radius 2 is 1.72 bits per heavy atom. The minimum atomic E-state index is -3.25. The first kappa shape index (κ1) is 20.1. The summed E-state index contributed by atoms with van der Waals surface area (Å²) in [5, 5.41) is 5.26. The molecule has 144 valence electrons. The molecular formula is C16H30N4O4S. The van der Waals surface area contributed by atoms with Crippen LogP contribution < -0.4 is 15.4 Å². The van der Waals surface area contributed by atoms with E-state index in [1.54, 1.807) is 0 Å². The zero-order valence-electron chi connectivity index (χ0n) is 14.9. The normalized spacial score (nSPS) is 23.2. The Kier molecular flexibility index (Phi) is 7.64. The van der Waals surface area contributed by atoms with Gasteiger partial charge in [-0.1, -0.05) is 25.7 Å². The Hall–Kier alpha value is -1.19. The molecule has 1 aliphatic carbocycles. The van der Waals surface area contributed by atoms with Gasteiger partial charge in [-0.3, -0.25) is 15.0 Å². The molecule has 0 aromatic heterocycles. The lowest BCUT2D eigenvalue weighted by Crippen LogP contribution is -2.52. The predicted octanol–water partition coefficient (Wildman–Crippen LogP) is 0.549. The molecule has 8 nitrogen and oxygen atoms in total. The molecule has 0 spiro atoms. The Bertz CT molecular complexity index is 560. The fourth-order valence-electron chi connectivity index (χ4n) is 3.57. The van der Waals surface area contributed by atoms with Crippen molar-refractivity contribution in [1.29, 1.82) is 0 Å². The summed E-state index contributed by atoms with van der Waals surface area (Å²) in [6.07, 6.45) is 9.31. The maximum atomic E-state index is 12.2. The largest absolute Gasteiger partial charge is 0.335 e. The summed E-state index contributed by atoms with van der Waals surface area (Å²) in [6, 6.07) is -0.293. The van der Waals surface area contributed by atoms with Gasteiger partial charge >= 0.3 is 6.03 Å². The molecule has 0 bridgehead atoms. The van der Waals surface area contributed by atoms with Crippen LogP contribution in [0.15, 0.2) is 0 Å². The highest BCUT2D eigenvalue weighted by atomic mass is 32.2. The Morgan fingerprint density at radius 3 is 2.40 bits per heavy atom. The van der Waals surface area contributed by atoms with Gasteiger partial charge in [0.1, 0.15) is 0 Å². The molecule has 0 aromatic carbocycles. The molecule has 0 radical (unpaired) electrons. The number of carbonyl (C=O) groups excluding carboxylic acids is 2. The van der Waals surface area contributed by atoms with E-state index >= 15 is 0 Å². The summed E-state index contributed by atoms with van der Waals surface area (Å²) in [6.45, 7) is 1.13. The van der Waals surface area contributed by atoms with Crippen molar-refractivity contribution in [3.8, 4) is 0 Å². The van der Waals surface area contributed by atoms with Crippen molar-refractivity contribution in [1.82, 2.24) is 20.3 Å². The fourth-order valence-corrected chi connectivity index (χ4v) is 4.06. The van der Waals surface area contributed by atoms with Gasteiger partial charge in [-0.25, -0.2) is 17.9 Å². The number of urea groups is 1. The van der Waals surface area contributed by atoms with Gasteiger partial charge < -0.3 is 5.32 Å². The van der Waals surface area contributed by atoms with Gasteiger partial charge in [-0.2, -0.15) is 0 Å². The maximum absolute atomic E-state index is 12.2. The molecule has 0 unspecified atom stereocenters. The minimum absolute atomic E-state index is 0.0179. The van der Waals surface area contributed by atoms with E-state index in [1.807, 2.05) is 4.90 Å². The number of imide groups is 1. The second kappa shape index (κ2) is 9.49. The Balaban J connectivity index is 1.77. The van der Waals surface area contributed by atoms with Crippen LogP contribution in [0.3, 0.4) is 0 Å². The van der Waals surface area contributed by atoms with E-state index < -0.39 is 16.1 Å². The summed E-state index contributed by atoms with van der Waals surface area (Å²) in [4.78, 5) is 26.1. The average molecular weight is 375 g/mol. The number of nitrogens with zero attached hydrogens (tertiary/aromatic N) is 1. The van der Waals surface area contributed by atoms with Crippen molar-refractivity contribution in [2.45, 2.75) is 63.5 Å². The first-order valence-electron chi connectivity index (χ1n) is 9.12. The molecule has 3 amide bonds. The highest BCUT2D eigenvalue weighted by Crippen LogP contribution is 2.17. The minimum Gasteiger partial charge on any atom is -0.335 e. The third kappa shape index (κ3) is 7.70. The van der Waals surface area contributed by atoms with Crippen molar-refractivity contribution in [3.05, 3.63) is 0 Å². The van der Waals surface area contributed by atoms with Crippen LogP contribution in [0.4, 0.5) is 4.79 Å². The highest BCUT2D eigenvalue weighted by Gasteiger charge is 2.26. The van der Waals surface area contributed by atoms with E-state index in [0.717, 1.165) is 57.7 Å². The number of sulfonamides is 1. The van der Waals surface area contributed by atoms with Crippen molar-refractivity contribution in [2.24, 2.45) is 0 Å². The molecule has 2 aliphatic rings. The maximum Gasteiger partial charge on any atom is 0.321 e. The lowest BCUT2D eigenvalue weighted by molar-refractivity contribution is -0.122. The van der Waals surface area contributed by atoms with Gasteiger partial charge in [0.2, 0.25) is 15.9 Å². The average Bonchev–Trinajstić information content (AvgIpc) is 2.54. The number of hydrogen-bond donors (Lipinski definition) is 3. The number of carbonyl (C=O) groups is 2. The SMILES string of the molecule is CS(=O)(=O)NC[C@H]1CCCCN1CC(=O)NC(=O)NC1CCCCC1. The molecule has 2 rings (SSSR count). The predicted molar refractivity (Wildman–Crippen MR) is 95.6 cm³/mol. The van der Waals surface area contributed by atoms with Crippen LogP contribution in [-0.4, -0.2) is 63.2 Å². The van der Waals surface area contributed by atoms with Gasteiger partial charge in [0.15, 0.2) is 0 Å². The number of nitrogens with one attached hydrogen (secondary N) is 3. The van der Waals surface area contributed by atoms with E-state index in [0.29, 0.717) is 6.54 Å². The molecule has 25 heavy (non-hydrogen) atoms. The van der Waals surface area contributed by atoms with Crippen LogP contribution in [-0.2, 0) is 14.8 Å². The molecule has 1 saturated heterocycles. The fraction of sp³-hybridized carbons (Fsp3) is 0.875. The van der Waals surface area contributed by atoms with Gasteiger partial charge in [-0.15, -0.1) is 0 Å². The Labute approximate surface area is 150 Å². The highest BCUT2D eigenvalue weighted by molar-refractivity contribution is 7.88. The summed E-state index contributed by atoms with van der Waals surface area (Å²) >= 11 is 0. The smallest absolute Gasteiger partial charge is 0.321 e. The first-order chi connectivity index (χ1) is 11.8. The van der Waals surface area contributed by atoms with Gasteiger partial charge in [0.05, 0.1) is 12.8 Å². The summed E-state index contributed by atoms with van der Waals surface area (Å²) in [5.41, 5.74) is 0. The van der Waals surface area contributed by atoms with Gasteiger partial charge in [0.25, 0.3) is 0 Å². The van der Waals surface area contributed by atoms with Crippen molar-refractivity contribution in [3.63, 3.8) is 0 Å². The molecule has 2 fully saturated rings. The molecular weight excluding hydrogens is 344 g/mol. The van der Waals surface area contributed by atoms with E-state index in [9.17, 15) is 18.0 Å². The number of likely N-dealkylation sites (tertiary alicyclic amines) is 1. The third-order valence-electron chi connectivity index (χ3n) is 4.87. The second-order valence-electron chi connectivity index (χ2n) is 7.10. The summed E-state index contributed by atoms with van der Waals surface area (Å²) in [5.74, 6) is -0.348. The second-order valence-corrected chi connectivity index (χ2v) is 8.93. The zero-order valence-corrected chi connectivity index (χ0v) is 15.7. The number of rotatable bonds is 6. The topological polar surface area (TPSA) is 108 Å². The van der Waals surface area contributed by atoms with Crippen molar-refractivity contribution in [2.75, 3.05) is 25.9 Å². The standard InChI is InChI=1S/C16H30N4O4S/c1-25(23,24)17-11-14-9-5-6-10-20(14)12-15(21)19-16(22)18-13-7-3-2-4-8-13/h13-14,17H,2-12H2,1H3,(H2,18,19,21,22)/t14-/m1/s1.